The summed E-state index contributed by atoms with van der Waals surface area (Å²) in [6, 6.07) is -0.910. The summed E-state index contributed by atoms with van der Waals surface area (Å²) in [6.07, 6.45) is 0.0151. The number of hydrogen-bond donors (Lipinski definition) is 4. The Morgan fingerprint density at radius 3 is 2.40 bits per heavy atom. The normalized spacial score (nSPS) is 31.5. The van der Waals surface area contributed by atoms with Crippen LogP contribution >= 0.6 is 0 Å². The number of carbonyl (C=O) groups excluding carboxylic acids is 1. The first-order valence-electron chi connectivity index (χ1n) is 10.9. The summed E-state index contributed by atoms with van der Waals surface area (Å²) in [6.45, 7) is 5.06. The van der Waals surface area contributed by atoms with Crippen LogP contribution in [0.5, 0.6) is 0 Å². The SMILES string of the molecule is CC(=O)NC1C(OCC(C)C)OC(CO)C(O)C1O[C@@H](CC1CCCCC1)C(=O)O. The number of amides is 1. The highest BCUT2D eigenvalue weighted by atomic mass is 16.7. The molecule has 6 atom stereocenters. The van der Waals surface area contributed by atoms with Gasteiger partial charge >= 0.3 is 5.97 Å². The van der Waals surface area contributed by atoms with Crippen molar-refractivity contribution in [2.24, 2.45) is 11.8 Å². The molecule has 2 rings (SSSR count). The Morgan fingerprint density at radius 2 is 1.87 bits per heavy atom. The molecule has 1 heterocycles. The van der Waals surface area contributed by atoms with E-state index in [1.807, 2.05) is 13.8 Å². The average molecular weight is 432 g/mol. The van der Waals surface area contributed by atoms with Gasteiger partial charge in [-0.2, -0.15) is 0 Å². The molecule has 1 aliphatic heterocycles. The van der Waals surface area contributed by atoms with Crippen LogP contribution in [0.1, 0.15) is 59.3 Å². The van der Waals surface area contributed by atoms with Crippen molar-refractivity contribution in [3.8, 4) is 0 Å². The summed E-state index contributed by atoms with van der Waals surface area (Å²) in [5.74, 6) is -1.06. The molecular formula is C21H37NO8. The molecule has 1 amide bonds. The molecule has 0 aromatic rings. The summed E-state index contributed by atoms with van der Waals surface area (Å²) in [5, 5.41) is 32.8. The minimum Gasteiger partial charge on any atom is -0.479 e. The van der Waals surface area contributed by atoms with Gasteiger partial charge < -0.3 is 34.8 Å². The van der Waals surface area contributed by atoms with Gasteiger partial charge in [0.1, 0.15) is 24.4 Å². The fraction of sp³-hybridized carbons (Fsp3) is 0.905. The molecule has 2 aliphatic rings. The van der Waals surface area contributed by atoms with Gasteiger partial charge in [0.15, 0.2) is 12.4 Å². The molecule has 174 valence electrons. The van der Waals surface area contributed by atoms with E-state index >= 15 is 0 Å². The summed E-state index contributed by atoms with van der Waals surface area (Å²) >= 11 is 0. The van der Waals surface area contributed by atoms with E-state index in [1.165, 1.54) is 6.92 Å². The largest absolute Gasteiger partial charge is 0.479 e. The number of aliphatic carboxylic acids is 1. The Kier molecular flexibility index (Phi) is 9.96. The number of aliphatic hydroxyl groups excluding tert-OH is 2. The van der Waals surface area contributed by atoms with Gasteiger partial charge in [0.25, 0.3) is 0 Å². The highest BCUT2D eigenvalue weighted by Crippen LogP contribution is 2.31. The van der Waals surface area contributed by atoms with Crippen LogP contribution in [0.3, 0.4) is 0 Å². The van der Waals surface area contributed by atoms with Crippen molar-refractivity contribution in [3.05, 3.63) is 0 Å². The molecule has 1 saturated heterocycles. The van der Waals surface area contributed by atoms with Crippen LogP contribution in [0, 0.1) is 11.8 Å². The van der Waals surface area contributed by atoms with Gasteiger partial charge in [-0.05, 0) is 18.3 Å². The molecule has 2 fully saturated rings. The maximum Gasteiger partial charge on any atom is 0.332 e. The van der Waals surface area contributed by atoms with Crippen LogP contribution in [0.4, 0.5) is 0 Å². The number of carbonyl (C=O) groups is 2. The number of nitrogens with one attached hydrogen (secondary N) is 1. The monoisotopic (exact) mass is 431 g/mol. The Bertz CT molecular complexity index is 551. The fourth-order valence-corrected chi connectivity index (χ4v) is 4.18. The van der Waals surface area contributed by atoms with Crippen LogP contribution < -0.4 is 5.32 Å². The van der Waals surface area contributed by atoms with Crippen molar-refractivity contribution in [3.63, 3.8) is 0 Å². The Morgan fingerprint density at radius 1 is 1.20 bits per heavy atom. The van der Waals surface area contributed by atoms with E-state index in [9.17, 15) is 24.9 Å². The topological polar surface area (TPSA) is 135 Å². The molecule has 0 bridgehead atoms. The maximum atomic E-state index is 11.9. The molecule has 4 N–H and O–H groups in total. The van der Waals surface area contributed by atoms with Gasteiger partial charge in [-0.25, -0.2) is 4.79 Å². The second kappa shape index (κ2) is 12.0. The Balaban J connectivity index is 2.21. The molecule has 0 radical (unpaired) electrons. The summed E-state index contributed by atoms with van der Waals surface area (Å²) in [5.41, 5.74) is 0. The van der Waals surface area contributed by atoms with Gasteiger partial charge in [-0.3, -0.25) is 4.79 Å². The highest BCUT2D eigenvalue weighted by molar-refractivity contribution is 5.73. The molecule has 30 heavy (non-hydrogen) atoms. The van der Waals surface area contributed by atoms with E-state index in [4.69, 9.17) is 14.2 Å². The maximum absolute atomic E-state index is 11.9. The fourth-order valence-electron chi connectivity index (χ4n) is 4.18. The lowest BCUT2D eigenvalue weighted by Crippen LogP contribution is -2.66. The second-order valence-electron chi connectivity index (χ2n) is 8.84. The zero-order chi connectivity index (χ0) is 22.3. The third-order valence-corrected chi connectivity index (χ3v) is 5.69. The summed E-state index contributed by atoms with van der Waals surface area (Å²) in [4.78, 5) is 23.7. The first-order valence-corrected chi connectivity index (χ1v) is 10.9. The average Bonchev–Trinajstić information content (AvgIpc) is 2.69. The number of hydrogen-bond acceptors (Lipinski definition) is 7. The zero-order valence-electron chi connectivity index (χ0n) is 18.2. The quantitative estimate of drug-likeness (QED) is 0.403. The first kappa shape index (κ1) is 25.0. The Hall–Kier alpha value is -1.26. The lowest BCUT2D eigenvalue weighted by Gasteiger charge is -2.45. The van der Waals surface area contributed by atoms with E-state index in [0.717, 1.165) is 32.1 Å². The predicted molar refractivity (Wildman–Crippen MR) is 108 cm³/mol. The van der Waals surface area contributed by atoms with Gasteiger partial charge in [-0.1, -0.05) is 46.0 Å². The number of aliphatic hydroxyl groups is 2. The standard InChI is InChI=1S/C21H37NO8/c1-12(2)11-28-21-17(22-13(3)24)19(18(25)16(10-23)30-21)29-15(20(26)27)9-14-7-5-4-6-8-14/h12,14-19,21,23,25H,4-11H2,1-3H3,(H,22,24)(H,26,27)/t15-,16?,17?,18?,19?,21?/m0/s1. The molecule has 0 aromatic heterocycles. The van der Waals surface area contributed by atoms with E-state index < -0.39 is 49.3 Å². The molecule has 0 aromatic carbocycles. The Labute approximate surface area is 178 Å². The van der Waals surface area contributed by atoms with Crippen molar-refractivity contribution in [2.45, 2.75) is 96.0 Å². The van der Waals surface area contributed by atoms with Crippen LogP contribution in [0.25, 0.3) is 0 Å². The van der Waals surface area contributed by atoms with Crippen molar-refractivity contribution in [1.82, 2.24) is 5.32 Å². The smallest absolute Gasteiger partial charge is 0.332 e. The van der Waals surface area contributed by atoms with Gasteiger partial charge in [0, 0.05) is 6.92 Å². The third kappa shape index (κ3) is 7.16. The van der Waals surface area contributed by atoms with Crippen LogP contribution in [0.15, 0.2) is 0 Å². The van der Waals surface area contributed by atoms with Crippen LogP contribution in [0.2, 0.25) is 0 Å². The number of rotatable bonds is 10. The summed E-state index contributed by atoms with van der Waals surface area (Å²) < 4.78 is 17.4. The van der Waals surface area contributed by atoms with Gasteiger partial charge in [-0.15, -0.1) is 0 Å². The minimum absolute atomic E-state index is 0.184. The van der Waals surface area contributed by atoms with Crippen molar-refractivity contribution in [2.75, 3.05) is 13.2 Å². The van der Waals surface area contributed by atoms with Crippen molar-refractivity contribution < 1.29 is 39.1 Å². The zero-order valence-corrected chi connectivity index (χ0v) is 18.2. The van der Waals surface area contributed by atoms with E-state index in [0.29, 0.717) is 13.0 Å². The molecule has 9 heteroatoms. The first-order chi connectivity index (χ1) is 14.2. The number of carboxylic acid groups (broad SMARTS) is 1. The lowest BCUT2D eigenvalue weighted by atomic mass is 9.85. The summed E-state index contributed by atoms with van der Waals surface area (Å²) in [7, 11) is 0. The van der Waals surface area contributed by atoms with Gasteiger partial charge in [0.05, 0.1) is 13.2 Å². The number of carboxylic acids is 1. The second-order valence-corrected chi connectivity index (χ2v) is 8.84. The molecule has 1 aliphatic carbocycles. The molecule has 0 spiro atoms. The van der Waals surface area contributed by atoms with Crippen LogP contribution in [-0.2, 0) is 23.8 Å². The molecule has 9 nitrogen and oxygen atoms in total. The van der Waals surface area contributed by atoms with E-state index in [-0.39, 0.29) is 17.7 Å². The molecule has 1 saturated carbocycles. The lowest BCUT2D eigenvalue weighted by molar-refractivity contribution is -0.284. The van der Waals surface area contributed by atoms with Crippen molar-refractivity contribution in [1.29, 1.82) is 0 Å². The third-order valence-electron chi connectivity index (χ3n) is 5.69. The van der Waals surface area contributed by atoms with Gasteiger partial charge in [0.2, 0.25) is 5.91 Å². The predicted octanol–water partition coefficient (Wildman–Crippen LogP) is 1.05. The minimum atomic E-state index is -1.32. The van der Waals surface area contributed by atoms with E-state index in [2.05, 4.69) is 5.32 Å². The van der Waals surface area contributed by atoms with Crippen LogP contribution in [-0.4, -0.2) is 77.2 Å². The highest BCUT2D eigenvalue weighted by Gasteiger charge is 2.48. The van der Waals surface area contributed by atoms with Crippen molar-refractivity contribution >= 4 is 11.9 Å². The van der Waals surface area contributed by atoms with E-state index in [1.54, 1.807) is 0 Å². The molecule has 5 unspecified atom stereocenters. The number of ether oxygens (including phenoxy) is 3. The molecular weight excluding hydrogens is 394 g/mol.